The maximum atomic E-state index is 11.1. The summed E-state index contributed by atoms with van der Waals surface area (Å²) in [4.78, 5) is 11.1. The van der Waals surface area contributed by atoms with Crippen LogP contribution >= 0.6 is 0 Å². The number of hydrogen-bond acceptors (Lipinski definition) is 4. The van der Waals surface area contributed by atoms with Crippen molar-refractivity contribution in [2.24, 2.45) is 10.2 Å². The van der Waals surface area contributed by atoms with Crippen molar-refractivity contribution < 1.29 is 9.90 Å². The number of nitrogens with zero attached hydrogens (tertiary/aromatic N) is 2. The van der Waals surface area contributed by atoms with E-state index in [4.69, 9.17) is 5.11 Å². The van der Waals surface area contributed by atoms with Crippen LogP contribution in [0.25, 0.3) is 0 Å². The number of aliphatic hydroxyl groups is 1. The highest BCUT2D eigenvalue weighted by atomic mass is 16.3. The molecule has 1 heterocycles. The Balaban J connectivity index is 2.80. The molecule has 1 aliphatic rings. The van der Waals surface area contributed by atoms with Crippen molar-refractivity contribution in [1.82, 2.24) is 5.32 Å². The number of azo groups is 1. The molecule has 1 atom stereocenters. The van der Waals surface area contributed by atoms with Crippen molar-refractivity contribution in [3.63, 3.8) is 0 Å². The normalized spacial score (nSPS) is 29.4. The highest BCUT2D eigenvalue weighted by molar-refractivity contribution is 5.85. The summed E-state index contributed by atoms with van der Waals surface area (Å²) in [7, 11) is 0. The van der Waals surface area contributed by atoms with Crippen molar-refractivity contribution in [2.75, 3.05) is 6.54 Å². The molecule has 1 unspecified atom stereocenters. The van der Waals surface area contributed by atoms with E-state index in [0.29, 0.717) is 0 Å². The minimum absolute atomic E-state index is 0.145. The standard InChI is InChI=1S/C6H11N3O2/c1-6(2)5(11)7-3-4(10)8-9-6/h4,10H,3H2,1-2H3,(H,7,11). The molecule has 1 amide bonds. The summed E-state index contributed by atoms with van der Waals surface area (Å²) in [6, 6.07) is 0. The topological polar surface area (TPSA) is 74.1 Å². The van der Waals surface area contributed by atoms with Gasteiger partial charge in [0, 0.05) is 0 Å². The van der Waals surface area contributed by atoms with Crippen molar-refractivity contribution in [2.45, 2.75) is 25.6 Å². The van der Waals surface area contributed by atoms with Gasteiger partial charge >= 0.3 is 0 Å². The lowest BCUT2D eigenvalue weighted by molar-refractivity contribution is -0.125. The summed E-state index contributed by atoms with van der Waals surface area (Å²) in [6.45, 7) is 3.43. The fraction of sp³-hybridized carbons (Fsp3) is 0.833. The van der Waals surface area contributed by atoms with Gasteiger partial charge in [0.1, 0.15) is 0 Å². The molecule has 0 radical (unpaired) electrons. The average molecular weight is 157 g/mol. The molecule has 62 valence electrons. The van der Waals surface area contributed by atoms with Crippen LogP contribution in [0.5, 0.6) is 0 Å². The van der Waals surface area contributed by atoms with Gasteiger partial charge in [-0.05, 0) is 13.8 Å². The zero-order chi connectivity index (χ0) is 8.48. The molecular formula is C6H11N3O2. The van der Waals surface area contributed by atoms with E-state index >= 15 is 0 Å². The number of aliphatic hydroxyl groups excluding tert-OH is 1. The Morgan fingerprint density at radius 1 is 1.73 bits per heavy atom. The van der Waals surface area contributed by atoms with Crippen LogP contribution in [0.2, 0.25) is 0 Å². The summed E-state index contributed by atoms with van der Waals surface area (Å²) in [5.41, 5.74) is -0.850. The Morgan fingerprint density at radius 3 is 3.00 bits per heavy atom. The monoisotopic (exact) mass is 157 g/mol. The van der Waals surface area contributed by atoms with Crippen molar-refractivity contribution in [3.05, 3.63) is 0 Å². The Bertz CT molecular complexity index is 200. The molecule has 2 N–H and O–H groups in total. The number of carbonyl (C=O) groups excluding carboxylic acids is 1. The second-order valence-corrected chi connectivity index (χ2v) is 2.97. The van der Waals surface area contributed by atoms with Crippen LogP contribution < -0.4 is 5.32 Å². The first kappa shape index (κ1) is 8.13. The predicted octanol–water partition coefficient (Wildman–Crippen LogP) is -0.335. The highest BCUT2D eigenvalue weighted by Gasteiger charge is 2.29. The second-order valence-electron chi connectivity index (χ2n) is 2.97. The zero-order valence-electron chi connectivity index (χ0n) is 6.53. The lowest BCUT2D eigenvalue weighted by atomic mass is 10.1. The van der Waals surface area contributed by atoms with E-state index < -0.39 is 11.8 Å². The van der Waals surface area contributed by atoms with Crippen LogP contribution in [0.1, 0.15) is 13.8 Å². The van der Waals surface area contributed by atoms with Crippen molar-refractivity contribution >= 4 is 5.91 Å². The molecule has 0 fully saturated rings. The zero-order valence-corrected chi connectivity index (χ0v) is 6.53. The van der Waals surface area contributed by atoms with E-state index in [0.717, 1.165) is 0 Å². The second kappa shape index (κ2) is 2.58. The molecule has 0 spiro atoms. The third-order valence-electron chi connectivity index (χ3n) is 1.44. The molecule has 0 aromatic rings. The van der Waals surface area contributed by atoms with Gasteiger partial charge in [-0.25, -0.2) is 0 Å². The van der Waals surface area contributed by atoms with Gasteiger partial charge in [0.05, 0.1) is 6.54 Å². The smallest absolute Gasteiger partial charge is 0.249 e. The molecule has 0 saturated heterocycles. The molecule has 0 aliphatic carbocycles. The molecule has 5 nitrogen and oxygen atoms in total. The number of hydrogen-bond donors (Lipinski definition) is 2. The first-order valence-electron chi connectivity index (χ1n) is 3.41. The molecule has 5 heteroatoms. The van der Waals surface area contributed by atoms with E-state index in [1.165, 1.54) is 0 Å². The predicted molar refractivity (Wildman–Crippen MR) is 38.0 cm³/mol. The quantitative estimate of drug-likeness (QED) is 0.505. The SMILES string of the molecule is CC1(C)N=NC(O)CNC1=O. The third kappa shape index (κ3) is 1.74. The van der Waals surface area contributed by atoms with Gasteiger partial charge < -0.3 is 10.4 Å². The van der Waals surface area contributed by atoms with Crippen LogP contribution in [0.4, 0.5) is 0 Å². The van der Waals surface area contributed by atoms with Gasteiger partial charge in [0.15, 0.2) is 11.8 Å². The molecule has 0 bridgehead atoms. The van der Waals surface area contributed by atoms with E-state index in [2.05, 4.69) is 15.5 Å². The maximum absolute atomic E-state index is 11.1. The number of rotatable bonds is 0. The molecular weight excluding hydrogens is 146 g/mol. The molecule has 1 aliphatic heterocycles. The Labute approximate surface area is 64.5 Å². The first-order valence-corrected chi connectivity index (χ1v) is 3.41. The summed E-state index contributed by atoms with van der Waals surface area (Å²) < 4.78 is 0. The fourth-order valence-corrected chi connectivity index (χ4v) is 0.698. The Morgan fingerprint density at radius 2 is 2.36 bits per heavy atom. The summed E-state index contributed by atoms with van der Waals surface area (Å²) >= 11 is 0. The van der Waals surface area contributed by atoms with E-state index in [9.17, 15) is 4.79 Å². The number of nitrogens with one attached hydrogen (secondary N) is 1. The lowest BCUT2D eigenvalue weighted by Gasteiger charge is -2.13. The van der Waals surface area contributed by atoms with Crippen molar-refractivity contribution in [3.8, 4) is 0 Å². The van der Waals surface area contributed by atoms with Crippen LogP contribution in [0.3, 0.4) is 0 Å². The van der Waals surface area contributed by atoms with Gasteiger partial charge in [0.25, 0.3) is 0 Å². The van der Waals surface area contributed by atoms with Crippen LogP contribution in [-0.4, -0.2) is 29.3 Å². The molecule has 0 saturated carbocycles. The lowest BCUT2D eigenvalue weighted by Crippen LogP contribution is -2.40. The summed E-state index contributed by atoms with van der Waals surface area (Å²) in [6.07, 6.45) is -0.902. The van der Waals surface area contributed by atoms with E-state index in [1.807, 2.05) is 0 Å². The molecule has 0 aromatic carbocycles. The Hall–Kier alpha value is -0.970. The minimum atomic E-state index is -0.902. The van der Waals surface area contributed by atoms with E-state index in [-0.39, 0.29) is 12.5 Å². The number of carbonyl (C=O) groups is 1. The molecule has 1 rings (SSSR count). The summed E-state index contributed by atoms with van der Waals surface area (Å²) in [5, 5.41) is 18.7. The van der Waals surface area contributed by atoms with Crippen molar-refractivity contribution in [1.29, 1.82) is 0 Å². The van der Waals surface area contributed by atoms with Gasteiger partial charge in [-0.2, -0.15) is 10.2 Å². The third-order valence-corrected chi connectivity index (χ3v) is 1.44. The number of β-amino-alcohol motifs (C(OH)–C–C–N with tert-alkyl or cyclic N) is 1. The molecule has 0 aromatic heterocycles. The van der Waals surface area contributed by atoms with Crippen LogP contribution in [0.15, 0.2) is 10.2 Å². The van der Waals surface area contributed by atoms with Crippen LogP contribution in [-0.2, 0) is 4.79 Å². The van der Waals surface area contributed by atoms with Gasteiger partial charge in [-0.1, -0.05) is 0 Å². The highest BCUT2D eigenvalue weighted by Crippen LogP contribution is 2.12. The fourth-order valence-electron chi connectivity index (χ4n) is 0.698. The first-order chi connectivity index (χ1) is 5.02. The largest absolute Gasteiger partial charge is 0.369 e. The van der Waals surface area contributed by atoms with E-state index in [1.54, 1.807) is 13.8 Å². The van der Waals surface area contributed by atoms with Gasteiger partial charge in [-0.3, -0.25) is 4.79 Å². The van der Waals surface area contributed by atoms with Crippen LogP contribution in [0, 0.1) is 0 Å². The maximum Gasteiger partial charge on any atom is 0.249 e. The minimum Gasteiger partial charge on any atom is -0.369 e. The Kier molecular flexibility index (Phi) is 1.90. The average Bonchev–Trinajstić information content (AvgIpc) is 2.03. The molecule has 11 heavy (non-hydrogen) atoms. The van der Waals surface area contributed by atoms with Gasteiger partial charge in [0.2, 0.25) is 5.91 Å². The van der Waals surface area contributed by atoms with Gasteiger partial charge in [-0.15, -0.1) is 0 Å². The number of amides is 1. The summed E-state index contributed by atoms with van der Waals surface area (Å²) in [5.74, 6) is -0.210.